The van der Waals surface area contributed by atoms with Crippen molar-refractivity contribution in [3.8, 4) is 0 Å². The van der Waals surface area contributed by atoms with E-state index in [-0.39, 0.29) is 17.6 Å². The summed E-state index contributed by atoms with van der Waals surface area (Å²) in [6.07, 6.45) is -8.76. The topological polar surface area (TPSA) is 172 Å². The summed E-state index contributed by atoms with van der Waals surface area (Å²) in [6, 6.07) is 8.13. The molecule has 1 aliphatic carbocycles. The lowest BCUT2D eigenvalue weighted by Gasteiger charge is -2.42. The summed E-state index contributed by atoms with van der Waals surface area (Å²) >= 11 is 0. The van der Waals surface area contributed by atoms with Gasteiger partial charge in [0.15, 0.2) is 6.29 Å². The van der Waals surface area contributed by atoms with Gasteiger partial charge in [0.1, 0.15) is 31.0 Å². The van der Waals surface area contributed by atoms with Crippen molar-refractivity contribution in [1.29, 1.82) is 0 Å². The van der Waals surface area contributed by atoms with Crippen LogP contribution in [0.1, 0.15) is 16.8 Å². The molecule has 1 saturated carbocycles. The fourth-order valence-corrected chi connectivity index (χ4v) is 4.46. The van der Waals surface area contributed by atoms with Crippen molar-refractivity contribution in [2.45, 2.75) is 49.5 Å². The highest BCUT2D eigenvalue weighted by molar-refractivity contribution is 5.89. The van der Waals surface area contributed by atoms with Gasteiger partial charge in [0.25, 0.3) is 0 Å². The van der Waals surface area contributed by atoms with Gasteiger partial charge in [-0.15, -0.1) is 0 Å². The van der Waals surface area contributed by atoms with E-state index in [9.17, 15) is 35.1 Å². The number of aliphatic hydroxyl groups excluding tert-OH is 4. The minimum absolute atomic E-state index is 0.0474. The maximum absolute atomic E-state index is 12.2. The highest BCUT2D eigenvalue weighted by atomic mass is 16.8. The van der Waals surface area contributed by atoms with Crippen LogP contribution >= 0.6 is 0 Å². The molecule has 1 aromatic carbocycles. The molecule has 2 fully saturated rings. The third-order valence-electron chi connectivity index (χ3n) is 6.36. The number of esters is 1. The zero-order valence-corrected chi connectivity index (χ0v) is 18.0. The van der Waals surface area contributed by atoms with Crippen molar-refractivity contribution in [2.24, 2.45) is 11.8 Å². The molecule has 184 valence electrons. The summed E-state index contributed by atoms with van der Waals surface area (Å²) in [7, 11) is 0. The Morgan fingerprint density at radius 2 is 1.74 bits per heavy atom. The van der Waals surface area contributed by atoms with Crippen LogP contribution in [-0.4, -0.2) is 87.2 Å². The molecule has 1 aromatic rings. The third kappa shape index (κ3) is 4.58. The van der Waals surface area contributed by atoms with Gasteiger partial charge in [-0.1, -0.05) is 24.8 Å². The molecular formula is C23H26O11. The second-order valence-electron chi connectivity index (χ2n) is 8.46. The van der Waals surface area contributed by atoms with Crippen LogP contribution in [0.25, 0.3) is 0 Å². The van der Waals surface area contributed by atoms with Crippen molar-refractivity contribution in [3.63, 3.8) is 0 Å². The van der Waals surface area contributed by atoms with Crippen LogP contribution in [-0.2, 0) is 23.7 Å². The predicted molar refractivity (Wildman–Crippen MR) is 112 cm³/mol. The van der Waals surface area contributed by atoms with Crippen LogP contribution in [0.15, 0.2) is 54.3 Å². The number of aliphatic hydroxyl groups is 4. The number of hydrogen-bond donors (Lipinski definition) is 5. The smallest absolute Gasteiger partial charge is 0.338 e. The Morgan fingerprint density at radius 3 is 2.41 bits per heavy atom. The lowest BCUT2D eigenvalue weighted by atomic mass is 9.85. The Hall–Kier alpha value is -2.80. The SMILES string of the molecule is C=C1[C@H]2[C@@H](O[C@@H]3O[C@H](COC(=O)c4ccccc4)[C@@H](O)[C@H](O)[C@H]3O)OC=C(C(=O)O)[C@H]2C[C@@H]1O. The van der Waals surface area contributed by atoms with E-state index in [0.29, 0.717) is 5.57 Å². The quantitative estimate of drug-likeness (QED) is 0.265. The highest BCUT2D eigenvalue weighted by Crippen LogP contribution is 2.46. The molecular weight excluding hydrogens is 452 g/mol. The van der Waals surface area contributed by atoms with Crippen molar-refractivity contribution >= 4 is 11.9 Å². The number of hydrogen-bond acceptors (Lipinski definition) is 10. The second kappa shape index (κ2) is 9.82. The molecule has 0 bridgehead atoms. The van der Waals surface area contributed by atoms with Gasteiger partial charge in [-0.25, -0.2) is 9.59 Å². The monoisotopic (exact) mass is 478 g/mol. The van der Waals surface area contributed by atoms with Crippen LogP contribution in [0.2, 0.25) is 0 Å². The van der Waals surface area contributed by atoms with Gasteiger partial charge in [-0.2, -0.15) is 0 Å². The van der Waals surface area contributed by atoms with E-state index in [2.05, 4.69) is 6.58 Å². The molecule has 34 heavy (non-hydrogen) atoms. The van der Waals surface area contributed by atoms with Gasteiger partial charge < -0.3 is 44.5 Å². The highest BCUT2D eigenvalue weighted by Gasteiger charge is 2.52. The summed E-state index contributed by atoms with van der Waals surface area (Å²) in [6.45, 7) is 3.38. The molecule has 2 heterocycles. The van der Waals surface area contributed by atoms with Crippen LogP contribution in [0.3, 0.4) is 0 Å². The molecule has 5 N–H and O–H groups in total. The van der Waals surface area contributed by atoms with E-state index in [1.807, 2.05) is 0 Å². The maximum atomic E-state index is 12.2. The van der Waals surface area contributed by atoms with Crippen molar-refractivity contribution in [2.75, 3.05) is 6.61 Å². The van der Waals surface area contributed by atoms with Crippen molar-refractivity contribution < 1.29 is 54.1 Å². The molecule has 0 radical (unpaired) electrons. The lowest BCUT2D eigenvalue weighted by molar-refractivity contribution is -0.339. The Morgan fingerprint density at radius 1 is 1.03 bits per heavy atom. The summed E-state index contributed by atoms with van der Waals surface area (Å²) in [5.74, 6) is -3.27. The third-order valence-corrected chi connectivity index (χ3v) is 6.36. The number of benzene rings is 1. The number of carbonyl (C=O) groups excluding carboxylic acids is 1. The fraction of sp³-hybridized carbons (Fsp3) is 0.478. The molecule has 2 aliphatic heterocycles. The van der Waals surface area contributed by atoms with Crippen LogP contribution in [0.4, 0.5) is 0 Å². The van der Waals surface area contributed by atoms with Crippen molar-refractivity contribution in [3.05, 3.63) is 59.9 Å². The number of carboxylic acid groups (broad SMARTS) is 1. The summed E-state index contributed by atoms with van der Waals surface area (Å²) < 4.78 is 21.9. The van der Waals surface area contributed by atoms with Gasteiger partial charge in [0.2, 0.25) is 6.29 Å². The number of carbonyl (C=O) groups is 2. The second-order valence-corrected chi connectivity index (χ2v) is 8.46. The van der Waals surface area contributed by atoms with Gasteiger partial charge in [-0.3, -0.25) is 0 Å². The van der Waals surface area contributed by atoms with Gasteiger partial charge >= 0.3 is 11.9 Å². The van der Waals surface area contributed by atoms with Gasteiger partial charge in [0.05, 0.1) is 29.4 Å². The van der Waals surface area contributed by atoms with E-state index in [0.717, 1.165) is 6.26 Å². The van der Waals surface area contributed by atoms with Gasteiger partial charge in [0, 0.05) is 5.92 Å². The average molecular weight is 478 g/mol. The summed E-state index contributed by atoms with van der Waals surface area (Å²) in [5, 5.41) is 50.6. The van der Waals surface area contributed by atoms with E-state index < -0.39 is 73.5 Å². The first-order valence-electron chi connectivity index (χ1n) is 10.7. The van der Waals surface area contributed by atoms with Crippen LogP contribution in [0.5, 0.6) is 0 Å². The first-order valence-corrected chi connectivity index (χ1v) is 10.7. The lowest BCUT2D eigenvalue weighted by Crippen LogP contribution is -2.60. The normalized spacial score (nSPS) is 37.4. The van der Waals surface area contributed by atoms with E-state index in [1.165, 1.54) is 0 Å². The first-order chi connectivity index (χ1) is 16.2. The molecule has 11 nitrogen and oxygen atoms in total. The molecule has 9 atom stereocenters. The molecule has 3 aliphatic rings. The molecule has 0 unspecified atom stereocenters. The Labute approximate surface area is 194 Å². The summed E-state index contributed by atoms with van der Waals surface area (Å²) in [4.78, 5) is 23.7. The summed E-state index contributed by atoms with van der Waals surface area (Å²) in [5.41, 5.74) is 0.539. The number of fused-ring (bicyclic) bond motifs is 1. The largest absolute Gasteiger partial charge is 0.478 e. The zero-order valence-electron chi connectivity index (χ0n) is 18.0. The minimum Gasteiger partial charge on any atom is -0.478 e. The van der Waals surface area contributed by atoms with Crippen LogP contribution in [0, 0.1) is 11.8 Å². The van der Waals surface area contributed by atoms with E-state index >= 15 is 0 Å². The molecule has 4 rings (SSSR count). The molecule has 0 aromatic heterocycles. The number of carboxylic acids is 1. The van der Waals surface area contributed by atoms with Crippen molar-refractivity contribution in [1.82, 2.24) is 0 Å². The number of aliphatic carboxylic acids is 1. The Kier molecular flexibility index (Phi) is 7.03. The number of rotatable bonds is 6. The van der Waals surface area contributed by atoms with E-state index in [4.69, 9.17) is 18.9 Å². The van der Waals surface area contributed by atoms with Gasteiger partial charge in [-0.05, 0) is 24.1 Å². The van der Waals surface area contributed by atoms with E-state index in [1.54, 1.807) is 30.3 Å². The molecule has 11 heteroatoms. The van der Waals surface area contributed by atoms with Crippen LogP contribution < -0.4 is 0 Å². The Bertz CT molecular complexity index is 961. The molecule has 0 spiro atoms. The average Bonchev–Trinajstić information content (AvgIpc) is 3.13. The molecule has 1 saturated heterocycles. The zero-order chi connectivity index (χ0) is 24.6. The fourth-order valence-electron chi connectivity index (χ4n) is 4.46. The predicted octanol–water partition coefficient (Wildman–Crippen LogP) is -0.454. The minimum atomic E-state index is -1.69. The first kappa shape index (κ1) is 24.3. The number of ether oxygens (including phenoxy) is 4. The standard InChI is InChI=1S/C23H26O11/c1-10-14(24)7-12-13(20(28)29)8-32-22(16(10)12)34-23-19(27)18(26)17(25)15(33-23)9-31-21(30)11-5-3-2-4-6-11/h2-6,8,12,14-19,22-27H,1,7,9H2,(H,28,29)/t12-,14+,15-,16-,17-,18+,19-,22-,23+/m1/s1. The maximum Gasteiger partial charge on any atom is 0.338 e. The molecule has 0 amide bonds. The Balaban J connectivity index is 1.46.